The molecule has 0 radical (unpaired) electrons. The molecule has 8 heteroatoms. The second-order valence-electron chi connectivity index (χ2n) is 7.81. The zero-order chi connectivity index (χ0) is 24.1. The predicted octanol–water partition coefficient (Wildman–Crippen LogP) is 4.37. The zero-order valence-electron chi connectivity index (χ0n) is 18.1. The van der Waals surface area contributed by atoms with E-state index in [-0.39, 0.29) is 42.7 Å². The molecule has 0 bridgehead atoms. The van der Waals surface area contributed by atoms with Crippen LogP contribution in [0.4, 0.5) is 11.4 Å². The third-order valence-corrected chi connectivity index (χ3v) is 5.70. The van der Waals surface area contributed by atoms with Gasteiger partial charge in [-0.3, -0.25) is 14.4 Å². The number of benzene rings is 3. The highest BCUT2D eigenvalue weighted by Gasteiger charge is 2.35. The Labute approximate surface area is 201 Å². The molecule has 172 valence electrons. The minimum atomic E-state index is -0.637. The summed E-state index contributed by atoms with van der Waals surface area (Å²) in [5.74, 6) is -1.85. The molecular formula is C26H21ClN2O5. The van der Waals surface area contributed by atoms with Crippen LogP contribution >= 0.6 is 11.6 Å². The van der Waals surface area contributed by atoms with Gasteiger partial charge < -0.3 is 15.0 Å². The summed E-state index contributed by atoms with van der Waals surface area (Å²) in [5, 5.41) is 3.35. The third kappa shape index (κ3) is 5.50. The summed E-state index contributed by atoms with van der Waals surface area (Å²) in [5.41, 5.74) is 1.90. The van der Waals surface area contributed by atoms with Crippen LogP contribution in [0.2, 0.25) is 5.02 Å². The number of Topliss-reactive ketones (excluding diaryl/α,β-unsaturated/α-hetero) is 1. The van der Waals surface area contributed by atoms with Gasteiger partial charge in [-0.15, -0.1) is 0 Å². The number of ether oxygens (including phenoxy) is 1. The molecule has 0 aliphatic carbocycles. The van der Waals surface area contributed by atoms with Crippen LogP contribution in [0.5, 0.6) is 0 Å². The van der Waals surface area contributed by atoms with E-state index < -0.39 is 11.9 Å². The van der Waals surface area contributed by atoms with Crippen molar-refractivity contribution in [1.82, 2.24) is 0 Å². The number of rotatable bonds is 7. The van der Waals surface area contributed by atoms with Crippen molar-refractivity contribution < 1.29 is 23.9 Å². The van der Waals surface area contributed by atoms with E-state index in [1.54, 1.807) is 71.6 Å². The van der Waals surface area contributed by atoms with E-state index in [1.165, 1.54) is 12.1 Å². The van der Waals surface area contributed by atoms with Crippen LogP contribution in [0.1, 0.15) is 27.1 Å². The van der Waals surface area contributed by atoms with E-state index in [0.717, 1.165) is 0 Å². The zero-order valence-corrected chi connectivity index (χ0v) is 18.8. The molecule has 0 saturated carbocycles. The molecule has 3 aromatic rings. The van der Waals surface area contributed by atoms with E-state index in [2.05, 4.69) is 5.32 Å². The van der Waals surface area contributed by atoms with Gasteiger partial charge in [0, 0.05) is 34.9 Å². The average molecular weight is 477 g/mol. The highest BCUT2D eigenvalue weighted by molar-refractivity contribution is 6.30. The van der Waals surface area contributed by atoms with Crippen LogP contribution in [-0.2, 0) is 14.3 Å². The Morgan fingerprint density at radius 3 is 2.26 bits per heavy atom. The van der Waals surface area contributed by atoms with Crippen molar-refractivity contribution in [2.75, 3.05) is 23.4 Å². The first-order valence-electron chi connectivity index (χ1n) is 10.6. The number of halogens is 1. The quantitative estimate of drug-likeness (QED) is 0.403. The van der Waals surface area contributed by atoms with Gasteiger partial charge in [0.05, 0.1) is 11.5 Å². The SMILES string of the molecule is O=C(COC(=O)c1ccc(NC(=O)[C@@H]2CC(=O)N(c3ccc(Cl)cc3)C2)cc1)c1ccccc1. The van der Waals surface area contributed by atoms with Gasteiger partial charge in [-0.2, -0.15) is 0 Å². The lowest BCUT2D eigenvalue weighted by molar-refractivity contribution is -0.122. The van der Waals surface area contributed by atoms with E-state index in [0.29, 0.717) is 22.0 Å². The van der Waals surface area contributed by atoms with Crippen molar-refractivity contribution in [2.45, 2.75) is 6.42 Å². The number of carbonyl (C=O) groups is 4. The number of hydrogen-bond donors (Lipinski definition) is 1. The fourth-order valence-electron chi connectivity index (χ4n) is 3.61. The van der Waals surface area contributed by atoms with Crippen LogP contribution in [0.15, 0.2) is 78.9 Å². The third-order valence-electron chi connectivity index (χ3n) is 5.45. The Hall–Kier alpha value is -3.97. The van der Waals surface area contributed by atoms with Crippen molar-refractivity contribution in [2.24, 2.45) is 5.92 Å². The summed E-state index contributed by atoms with van der Waals surface area (Å²) in [4.78, 5) is 50.9. The topological polar surface area (TPSA) is 92.8 Å². The van der Waals surface area contributed by atoms with Crippen molar-refractivity contribution in [3.05, 3.63) is 95.0 Å². The second-order valence-corrected chi connectivity index (χ2v) is 8.25. The molecule has 34 heavy (non-hydrogen) atoms. The van der Waals surface area contributed by atoms with Crippen LogP contribution in [0.25, 0.3) is 0 Å². The average Bonchev–Trinajstić information content (AvgIpc) is 3.25. The van der Waals surface area contributed by atoms with Crippen LogP contribution in [0, 0.1) is 5.92 Å². The largest absolute Gasteiger partial charge is 0.454 e. The normalized spacial score (nSPS) is 15.1. The van der Waals surface area contributed by atoms with E-state index in [9.17, 15) is 19.2 Å². The molecule has 1 heterocycles. The minimum absolute atomic E-state index is 0.105. The monoisotopic (exact) mass is 476 g/mol. The van der Waals surface area contributed by atoms with Crippen molar-refractivity contribution >= 4 is 46.5 Å². The van der Waals surface area contributed by atoms with Gasteiger partial charge in [-0.25, -0.2) is 4.79 Å². The Bertz CT molecular complexity index is 1210. The first-order chi connectivity index (χ1) is 16.4. The molecule has 1 N–H and O–H groups in total. The number of carbonyl (C=O) groups excluding carboxylic acids is 4. The lowest BCUT2D eigenvalue weighted by Crippen LogP contribution is -2.28. The molecule has 1 fully saturated rings. The Kier molecular flexibility index (Phi) is 7.04. The van der Waals surface area contributed by atoms with Gasteiger partial charge in [-0.05, 0) is 48.5 Å². The molecule has 0 aromatic heterocycles. The number of amides is 2. The summed E-state index contributed by atoms with van der Waals surface area (Å²) in [6.07, 6.45) is 0.105. The molecule has 1 saturated heterocycles. The Balaban J connectivity index is 1.30. The molecule has 1 atom stereocenters. The number of esters is 1. The summed E-state index contributed by atoms with van der Waals surface area (Å²) < 4.78 is 5.09. The predicted molar refractivity (Wildman–Crippen MR) is 128 cm³/mol. The van der Waals surface area contributed by atoms with E-state index >= 15 is 0 Å². The lowest BCUT2D eigenvalue weighted by atomic mass is 10.1. The van der Waals surface area contributed by atoms with Gasteiger partial charge in [0.1, 0.15) is 0 Å². The molecule has 1 aliphatic heterocycles. The summed E-state index contributed by atoms with van der Waals surface area (Å²) in [6, 6.07) is 21.6. The molecular weight excluding hydrogens is 456 g/mol. The maximum Gasteiger partial charge on any atom is 0.338 e. The van der Waals surface area contributed by atoms with Gasteiger partial charge in [-0.1, -0.05) is 41.9 Å². The summed E-state index contributed by atoms with van der Waals surface area (Å²) in [7, 11) is 0. The van der Waals surface area contributed by atoms with Crippen molar-refractivity contribution in [3.8, 4) is 0 Å². The molecule has 0 spiro atoms. The molecule has 3 aromatic carbocycles. The smallest absolute Gasteiger partial charge is 0.338 e. The van der Waals surface area contributed by atoms with Crippen molar-refractivity contribution in [1.29, 1.82) is 0 Å². The lowest BCUT2D eigenvalue weighted by Gasteiger charge is -2.16. The minimum Gasteiger partial charge on any atom is -0.454 e. The van der Waals surface area contributed by atoms with E-state index in [1.807, 2.05) is 0 Å². The Morgan fingerprint density at radius 2 is 1.59 bits per heavy atom. The molecule has 0 unspecified atom stereocenters. The number of nitrogens with one attached hydrogen (secondary N) is 1. The number of nitrogens with zero attached hydrogens (tertiary/aromatic N) is 1. The number of hydrogen-bond acceptors (Lipinski definition) is 5. The molecule has 7 nitrogen and oxygen atoms in total. The molecule has 4 rings (SSSR count). The number of anilines is 2. The Morgan fingerprint density at radius 1 is 0.912 bits per heavy atom. The van der Waals surface area contributed by atoms with E-state index in [4.69, 9.17) is 16.3 Å². The fourth-order valence-corrected chi connectivity index (χ4v) is 3.74. The maximum atomic E-state index is 12.7. The first kappa shape index (κ1) is 23.2. The highest BCUT2D eigenvalue weighted by atomic mass is 35.5. The molecule has 2 amide bonds. The van der Waals surface area contributed by atoms with Gasteiger partial charge in [0.15, 0.2) is 12.4 Å². The van der Waals surface area contributed by atoms with Gasteiger partial charge in [0.25, 0.3) is 0 Å². The highest BCUT2D eigenvalue weighted by Crippen LogP contribution is 2.27. The van der Waals surface area contributed by atoms with Gasteiger partial charge in [0.2, 0.25) is 11.8 Å². The summed E-state index contributed by atoms with van der Waals surface area (Å²) in [6.45, 7) is -0.0900. The molecule has 1 aliphatic rings. The number of ketones is 1. The van der Waals surface area contributed by atoms with Crippen LogP contribution in [-0.4, -0.2) is 36.7 Å². The summed E-state index contributed by atoms with van der Waals surface area (Å²) >= 11 is 5.90. The van der Waals surface area contributed by atoms with Crippen molar-refractivity contribution in [3.63, 3.8) is 0 Å². The fraction of sp³-hybridized carbons (Fsp3) is 0.154. The van der Waals surface area contributed by atoms with Gasteiger partial charge >= 0.3 is 5.97 Å². The standard InChI is InChI=1S/C26H21ClN2O5/c27-20-8-12-22(13-9-20)29-15-19(14-24(29)31)25(32)28-21-10-6-18(7-11-21)26(33)34-16-23(30)17-4-2-1-3-5-17/h1-13,19H,14-16H2,(H,28,32)/t19-/m1/s1. The maximum absolute atomic E-state index is 12.7. The van der Waals surface area contributed by atoms with Crippen LogP contribution < -0.4 is 10.2 Å². The van der Waals surface area contributed by atoms with Crippen LogP contribution in [0.3, 0.4) is 0 Å². The first-order valence-corrected chi connectivity index (χ1v) is 11.0. The second kappa shape index (κ2) is 10.3.